The summed E-state index contributed by atoms with van der Waals surface area (Å²) in [4.78, 5) is 13.7. The molecule has 0 fully saturated rings. The molecular formula is C13H15BrN2O. The minimum Gasteiger partial charge on any atom is -0.340 e. The van der Waals surface area contributed by atoms with Crippen molar-refractivity contribution in [2.24, 2.45) is 5.92 Å². The first-order chi connectivity index (χ1) is 7.95. The molecule has 0 aliphatic rings. The summed E-state index contributed by atoms with van der Waals surface area (Å²) in [5.74, 6) is -0.229. The lowest BCUT2D eigenvalue weighted by Crippen LogP contribution is -2.30. The first-order valence-corrected chi connectivity index (χ1v) is 6.16. The van der Waals surface area contributed by atoms with E-state index in [1.807, 2.05) is 19.1 Å². The van der Waals surface area contributed by atoms with E-state index >= 15 is 0 Å². The largest absolute Gasteiger partial charge is 0.340 e. The van der Waals surface area contributed by atoms with Gasteiger partial charge in [-0.25, -0.2) is 0 Å². The predicted octanol–water partition coefficient (Wildman–Crippen LogP) is 2.99. The Morgan fingerprint density at radius 1 is 1.59 bits per heavy atom. The fourth-order valence-corrected chi connectivity index (χ4v) is 2.20. The van der Waals surface area contributed by atoms with Crippen LogP contribution in [-0.4, -0.2) is 24.4 Å². The zero-order valence-electron chi connectivity index (χ0n) is 10.2. The summed E-state index contributed by atoms with van der Waals surface area (Å²) >= 11 is 3.39. The van der Waals surface area contributed by atoms with Crippen LogP contribution in [0.4, 0.5) is 0 Å². The van der Waals surface area contributed by atoms with Gasteiger partial charge < -0.3 is 4.90 Å². The number of nitriles is 1. The summed E-state index contributed by atoms with van der Waals surface area (Å²) < 4.78 is 0.791. The Kier molecular flexibility index (Phi) is 4.71. The van der Waals surface area contributed by atoms with E-state index in [-0.39, 0.29) is 11.8 Å². The fourth-order valence-electron chi connectivity index (χ4n) is 1.53. The second-order valence-electron chi connectivity index (χ2n) is 4.20. The highest BCUT2D eigenvalue weighted by Gasteiger charge is 2.16. The quantitative estimate of drug-likeness (QED) is 0.860. The molecule has 1 amide bonds. The third kappa shape index (κ3) is 3.57. The van der Waals surface area contributed by atoms with Crippen LogP contribution in [0, 0.1) is 24.2 Å². The van der Waals surface area contributed by atoms with Crippen molar-refractivity contribution in [1.29, 1.82) is 5.26 Å². The highest BCUT2D eigenvalue weighted by molar-refractivity contribution is 9.10. The summed E-state index contributed by atoms with van der Waals surface area (Å²) in [5, 5.41) is 8.73. The molecule has 0 spiro atoms. The van der Waals surface area contributed by atoms with Crippen LogP contribution < -0.4 is 0 Å². The Bertz CT molecular complexity index is 465. The van der Waals surface area contributed by atoms with E-state index in [2.05, 4.69) is 22.0 Å². The first-order valence-electron chi connectivity index (χ1n) is 5.37. The minimum absolute atomic E-state index is 0.0704. The molecule has 4 heteroatoms. The highest BCUT2D eigenvalue weighted by Crippen LogP contribution is 2.20. The highest BCUT2D eigenvalue weighted by atomic mass is 79.9. The van der Waals surface area contributed by atoms with Crippen molar-refractivity contribution in [2.45, 2.75) is 13.8 Å². The van der Waals surface area contributed by atoms with Gasteiger partial charge >= 0.3 is 0 Å². The van der Waals surface area contributed by atoms with E-state index in [9.17, 15) is 4.79 Å². The van der Waals surface area contributed by atoms with Crippen molar-refractivity contribution in [2.75, 3.05) is 13.6 Å². The smallest absolute Gasteiger partial charge is 0.254 e. The van der Waals surface area contributed by atoms with Crippen molar-refractivity contribution in [3.05, 3.63) is 33.8 Å². The topological polar surface area (TPSA) is 44.1 Å². The molecular weight excluding hydrogens is 280 g/mol. The second kappa shape index (κ2) is 5.83. The first kappa shape index (κ1) is 13.7. The van der Waals surface area contributed by atoms with Gasteiger partial charge in [0.25, 0.3) is 5.91 Å². The van der Waals surface area contributed by atoms with Gasteiger partial charge in [0.2, 0.25) is 0 Å². The number of benzene rings is 1. The van der Waals surface area contributed by atoms with E-state index in [0.717, 1.165) is 10.0 Å². The van der Waals surface area contributed by atoms with Crippen molar-refractivity contribution >= 4 is 21.8 Å². The molecule has 0 N–H and O–H groups in total. The number of halogens is 1. The van der Waals surface area contributed by atoms with Crippen LogP contribution in [0.2, 0.25) is 0 Å². The van der Waals surface area contributed by atoms with E-state index in [1.165, 1.54) is 0 Å². The summed E-state index contributed by atoms with van der Waals surface area (Å²) in [6, 6.07) is 7.74. The normalized spacial score (nSPS) is 11.7. The summed E-state index contributed by atoms with van der Waals surface area (Å²) in [5.41, 5.74) is 1.73. The van der Waals surface area contributed by atoms with Crippen LogP contribution in [0.1, 0.15) is 22.8 Å². The van der Waals surface area contributed by atoms with Gasteiger partial charge in [-0.3, -0.25) is 4.79 Å². The SMILES string of the molecule is Cc1ccc(C(=O)N(C)CC(C)C#N)c(Br)c1. The zero-order chi connectivity index (χ0) is 13.0. The third-order valence-corrected chi connectivity index (χ3v) is 3.13. The number of rotatable bonds is 3. The number of carbonyl (C=O) groups excluding carboxylic acids is 1. The molecule has 17 heavy (non-hydrogen) atoms. The summed E-state index contributed by atoms with van der Waals surface area (Å²) in [6.45, 7) is 4.21. The lowest BCUT2D eigenvalue weighted by molar-refractivity contribution is 0.0784. The maximum atomic E-state index is 12.1. The lowest BCUT2D eigenvalue weighted by atomic mass is 10.1. The third-order valence-electron chi connectivity index (χ3n) is 2.47. The number of aryl methyl sites for hydroxylation is 1. The predicted molar refractivity (Wildman–Crippen MR) is 70.6 cm³/mol. The minimum atomic E-state index is -0.159. The Balaban J connectivity index is 2.86. The number of hydrogen-bond acceptors (Lipinski definition) is 2. The Morgan fingerprint density at radius 2 is 2.24 bits per heavy atom. The Morgan fingerprint density at radius 3 is 2.76 bits per heavy atom. The number of amides is 1. The van der Waals surface area contributed by atoms with E-state index in [1.54, 1.807) is 24.9 Å². The maximum absolute atomic E-state index is 12.1. The van der Waals surface area contributed by atoms with Crippen LogP contribution in [0.5, 0.6) is 0 Å². The zero-order valence-corrected chi connectivity index (χ0v) is 11.8. The maximum Gasteiger partial charge on any atom is 0.254 e. The van der Waals surface area contributed by atoms with Crippen LogP contribution in [0.15, 0.2) is 22.7 Å². The molecule has 90 valence electrons. The molecule has 1 aromatic rings. The molecule has 1 atom stereocenters. The molecule has 0 aliphatic heterocycles. The van der Waals surface area contributed by atoms with Gasteiger partial charge in [-0.15, -0.1) is 0 Å². The van der Waals surface area contributed by atoms with Gasteiger partial charge in [-0.2, -0.15) is 5.26 Å². The van der Waals surface area contributed by atoms with Crippen LogP contribution in [0.25, 0.3) is 0 Å². The molecule has 0 radical (unpaired) electrons. The average molecular weight is 295 g/mol. The molecule has 1 unspecified atom stereocenters. The van der Waals surface area contributed by atoms with Crippen LogP contribution in [0.3, 0.4) is 0 Å². The molecule has 0 saturated carbocycles. The van der Waals surface area contributed by atoms with Crippen LogP contribution >= 0.6 is 15.9 Å². The van der Waals surface area contributed by atoms with Gasteiger partial charge in [0.1, 0.15) is 0 Å². The second-order valence-corrected chi connectivity index (χ2v) is 5.05. The summed E-state index contributed by atoms with van der Waals surface area (Å²) in [6.07, 6.45) is 0. The number of hydrogen-bond donors (Lipinski definition) is 0. The number of nitrogens with zero attached hydrogens (tertiary/aromatic N) is 2. The van der Waals surface area contributed by atoms with E-state index < -0.39 is 0 Å². The van der Waals surface area contributed by atoms with Crippen molar-refractivity contribution in [1.82, 2.24) is 4.90 Å². The van der Waals surface area contributed by atoms with Crippen molar-refractivity contribution in [3.63, 3.8) is 0 Å². The molecule has 1 aromatic carbocycles. The molecule has 3 nitrogen and oxygen atoms in total. The van der Waals surface area contributed by atoms with E-state index in [4.69, 9.17) is 5.26 Å². The lowest BCUT2D eigenvalue weighted by Gasteiger charge is -2.19. The molecule has 0 bridgehead atoms. The molecule has 1 rings (SSSR count). The van der Waals surface area contributed by atoms with Gasteiger partial charge in [-0.1, -0.05) is 6.07 Å². The van der Waals surface area contributed by atoms with E-state index in [0.29, 0.717) is 12.1 Å². The van der Waals surface area contributed by atoms with Gasteiger partial charge in [0.05, 0.1) is 17.6 Å². The average Bonchev–Trinajstić information content (AvgIpc) is 2.28. The monoisotopic (exact) mass is 294 g/mol. The molecule has 0 aliphatic carbocycles. The van der Waals surface area contributed by atoms with Gasteiger partial charge in [0.15, 0.2) is 0 Å². The standard InChI is InChI=1S/C13H15BrN2O/c1-9-4-5-11(12(14)6-9)13(17)16(3)8-10(2)7-15/h4-6,10H,8H2,1-3H3. The summed E-state index contributed by atoms with van der Waals surface area (Å²) in [7, 11) is 1.71. The van der Waals surface area contributed by atoms with Crippen molar-refractivity contribution in [3.8, 4) is 6.07 Å². The molecule has 0 saturated heterocycles. The molecule has 0 aromatic heterocycles. The Hall–Kier alpha value is -1.34. The van der Waals surface area contributed by atoms with Crippen LogP contribution in [-0.2, 0) is 0 Å². The van der Waals surface area contributed by atoms with Gasteiger partial charge in [-0.05, 0) is 47.5 Å². The van der Waals surface area contributed by atoms with Gasteiger partial charge in [0, 0.05) is 18.1 Å². The fraction of sp³-hybridized carbons (Fsp3) is 0.385. The van der Waals surface area contributed by atoms with Crippen molar-refractivity contribution < 1.29 is 4.79 Å². The Labute approximate surface area is 110 Å². The molecule has 0 heterocycles. The number of carbonyl (C=O) groups is 1.